The van der Waals surface area contributed by atoms with E-state index in [0.717, 1.165) is 6.42 Å². The SMILES string of the molecule is CCc1ccccc1.Cc1ccc(C)cc1.Cc1ccccc1. The van der Waals surface area contributed by atoms with Gasteiger partial charge in [-0.1, -0.05) is 109 Å². The van der Waals surface area contributed by atoms with Gasteiger partial charge in [0.2, 0.25) is 0 Å². The van der Waals surface area contributed by atoms with Crippen LogP contribution in [-0.2, 0) is 6.42 Å². The molecule has 0 heterocycles. The van der Waals surface area contributed by atoms with Crippen LogP contribution in [0.25, 0.3) is 0 Å². The third-order valence-corrected chi connectivity index (χ3v) is 3.41. The van der Waals surface area contributed by atoms with Gasteiger partial charge in [0.15, 0.2) is 0 Å². The molecule has 0 fully saturated rings. The van der Waals surface area contributed by atoms with E-state index in [-0.39, 0.29) is 0 Å². The van der Waals surface area contributed by atoms with E-state index in [2.05, 4.69) is 88.4 Å². The minimum absolute atomic E-state index is 1.14. The third kappa shape index (κ3) is 9.31. The number of rotatable bonds is 1. The number of hydrogen-bond donors (Lipinski definition) is 0. The average molecular weight is 304 g/mol. The van der Waals surface area contributed by atoms with Crippen molar-refractivity contribution in [3.05, 3.63) is 107 Å². The Balaban J connectivity index is 0.000000173. The van der Waals surface area contributed by atoms with Gasteiger partial charge in [-0.05, 0) is 32.8 Å². The quantitative estimate of drug-likeness (QED) is 0.478. The van der Waals surface area contributed by atoms with Crippen LogP contribution in [0, 0.1) is 20.8 Å². The fraction of sp³-hybridized carbons (Fsp3) is 0.217. The fourth-order valence-electron chi connectivity index (χ4n) is 1.88. The second kappa shape index (κ2) is 11.3. The van der Waals surface area contributed by atoms with Gasteiger partial charge in [0.05, 0.1) is 0 Å². The predicted octanol–water partition coefficient (Wildman–Crippen LogP) is 6.55. The zero-order valence-corrected chi connectivity index (χ0v) is 14.8. The average Bonchev–Trinajstić information content (AvgIpc) is 2.60. The molecule has 0 bridgehead atoms. The van der Waals surface area contributed by atoms with Crippen molar-refractivity contribution in [3.8, 4) is 0 Å². The molecule has 0 N–H and O–H groups in total. The minimum atomic E-state index is 1.14. The van der Waals surface area contributed by atoms with Crippen molar-refractivity contribution in [3.63, 3.8) is 0 Å². The van der Waals surface area contributed by atoms with Crippen molar-refractivity contribution in [1.82, 2.24) is 0 Å². The van der Waals surface area contributed by atoms with Crippen molar-refractivity contribution < 1.29 is 0 Å². The molecule has 0 aliphatic heterocycles. The van der Waals surface area contributed by atoms with E-state index in [4.69, 9.17) is 0 Å². The molecule has 0 aliphatic rings. The molecule has 0 saturated heterocycles. The van der Waals surface area contributed by atoms with Gasteiger partial charge in [-0.25, -0.2) is 0 Å². The van der Waals surface area contributed by atoms with Crippen molar-refractivity contribution in [2.75, 3.05) is 0 Å². The van der Waals surface area contributed by atoms with Crippen LogP contribution < -0.4 is 0 Å². The van der Waals surface area contributed by atoms with E-state index in [1.165, 1.54) is 22.3 Å². The van der Waals surface area contributed by atoms with Gasteiger partial charge < -0.3 is 0 Å². The summed E-state index contributed by atoms with van der Waals surface area (Å²) >= 11 is 0. The lowest BCUT2D eigenvalue weighted by atomic mass is 10.2. The zero-order valence-electron chi connectivity index (χ0n) is 14.8. The Bertz CT molecular complexity index is 601. The highest BCUT2D eigenvalue weighted by Crippen LogP contribution is 1.99. The first-order valence-corrected chi connectivity index (χ1v) is 8.20. The molecule has 0 saturated carbocycles. The van der Waals surface area contributed by atoms with Crippen molar-refractivity contribution >= 4 is 0 Å². The molecule has 3 aromatic rings. The van der Waals surface area contributed by atoms with Gasteiger partial charge in [-0.3, -0.25) is 0 Å². The summed E-state index contributed by atoms with van der Waals surface area (Å²) in [4.78, 5) is 0. The highest BCUT2D eigenvalue weighted by Gasteiger charge is 1.80. The number of aryl methyl sites for hydroxylation is 4. The predicted molar refractivity (Wildman–Crippen MR) is 103 cm³/mol. The Kier molecular flexibility index (Phi) is 9.16. The smallest absolute Gasteiger partial charge is 0.0307 e. The highest BCUT2D eigenvalue weighted by molar-refractivity contribution is 5.19. The summed E-state index contributed by atoms with van der Waals surface area (Å²) in [6.07, 6.45) is 1.14. The van der Waals surface area contributed by atoms with E-state index < -0.39 is 0 Å². The summed E-state index contributed by atoms with van der Waals surface area (Å²) in [5, 5.41) is 0. The largest absolute Gasteiger partial charge is 0.0622 e. The molecule has 0 radical (unpaired) electrons. The maximum Gasteiger partial charge on any atom is -0.0307 e. The molecule has 3 aromatic carbocycles. The molecule has 3 rings (SSSR count). The second-order valence-electron chi connectivity index (χ2n) is 5.65. The van der Waals surface area contributed by atoms with E-state index in [0.29, 0.717) is 0 Å². The maximum absolute atomic E-state index is 2.16. The first kappa shape index (κ1) is 18.7. The van der Waals surface area contributed by atoms with Crippen LogP contribution in [0.2, 0.25) is 0 Å². The Morgan fingerprint density at radius 1 is 0.478 bits per heavy atom. The molecule has 0 nitrogen and oxygen atoms in total. The van der Waals surface area contributed by atoms with Gasteiger partial charge in [0.1, 0.15) is 0 Å². The summed E-state index contributed by atoms with van der Waals surface area (Å²) in [5.74, 6) is 0. The third-order valence-electron chi connectivity index (χ3n) is 3.41. The summed E-state index contributed by atoms with van der Waals surface area (Å²) in [6, 6.07) is 29.2. The molecule has 0 heteroatoms. The Hall–Kier alpha value is -2.34. The van der Waals surface area contributed by atoms with E-state index in [1.807, 2.05) is 24.3 Å². The van der Waals surface area contributed by atoms with Crippen LogP contribution >= 0.6 is 0 Å². The zero-order chi connectivity index (χ0) is 16.9. The molecule has 0 aliphatic carbocycles. The lowest BCUT2D eigenvalue weighted by molar-refractivity contribution is 1.14. The lowest BCUT2D eigenvalue weighted by Gasteiger charge is -1.90. The van der Waals surface area contributed by atoms with Gasteiger partial charge in [-0.15, -0.1) is 0 Å². The van der Waals surface area contributed by atoms with Crippen molar-refractivity contribution in [2.24, 2.45) is 0 Å². The topological polar surface area (TPSA) is 0 Å². The summed E-state index contributed by atoms with van der Waals surface area (Å²) in [7, 11) is 0. The van der Waals surface area contributed by atoms with Crippen LogP contribution in [0.15, 0.2) is 84.9 Å². The molecule has 0 atom stereocenters. The molecule has 0 amide bonds. The van der Waals surface area contributed by atoms with Gasteiger partial charge >= 0.3 is 0 Å². The van der Waals surface area contributed by atoms with Crippen molar-refractivity contribution in [2.45, 2.75) is 34.1 Å². The van der Waals surface area contributed by atoms with Gasteiger partial charge in [0, 0.05) is 0 Å². The number of benzene rings is 3. The standard InChI is InChI=1S/2C8H10.C7H8/c1-7-3-5-8(2)6-4-7;1-2-8-6-4-3-5-7-8;1-7-5-3-2-4-6-7/h3-6H,1-2H3;3-7H,2H2,1H3;2-6H,1H3. The normalized spacial score (nSPS) is 9.04. The molecule has 0 aromatic heterocycles. The molecule has 23 heavy (non-hydrogen) atoms. The lowest BCUT2D eigenvalue weighted by Crippen LogP contribution is -1.73. The number of hydrogen-bond acceptors (Lipinski definition) is 0. The van der Waals surface area contributed by atoms with E-state index in [9.17, 15) is 0 Å². The maximum atomic E-state index is 2.16. The van der Waals surface area contributed by atoms with E-state index >= 15 is 0 Å². The molecular formula is C23H28. The van der Waals surface area contributed by atoms with Crippen LogP contribution in [-0.4, -0.2) is 0 Å². The van der Waals surface area contributed by atoms with Gasteiger partial charge in [-0.2, -0.15) is 0 Å². The molecule has 0 unspecified atom stereocenters. The van der Waals surface area contributed by atoms with Crippen LogP contribution in [0.3, 0.4) is 0 Å². The summed E-state index contributed by atoms with van der Waals surface area (Å²) < 4.78 is 0. The van der Waals surface area contributed by atoms with Crippen molar-refractivity contribution in [1.29, 1.82) is 0 Å². The monoisotopic (exact) mass is 304 g/mol. The Morgan fingerprint density at radius 3 is 1.09 bits per heavy atom. The highest BCUT2D eigenvalue weighted by atomic mass is 13.9. The summed E-state index contributed by atoms with van der Waals surface area (Å²) in [6.45, 7) is 8.44. The molecular weight excluding hydrogens is 276 g/mol. The molecule has 0 spiro atoms. The fourth-order valence-corrected chi connectivity index (χ4v) is 1.88. The Morgan fingerprint density at radius 2 is 0.826 bits per heavy atom. The Labute approximate surface area is 141 Å². The van der Waals surface area contributed by atoms with E-state index in [1.54, 1.807) is 0 Å². The van der Waals surface area contributed by atoms with Crippen LogP contribution in [0.5, 0.6) is 0 Å². The second-order valence-corrected chi connectivity index (χ2v) is 5.65. The summed E-state index contributed by atoms with van der Waals surface area (Å²) in [5.41, 5.74) is 5.39. The first-order chi connectivity index (χ1) is 11.1. The van der Waals surface area contributed by atoms with Crippen LogP contribution in [0.1, 0.15) is 29.2 Å². The first-order valence-electron chi connectivity index (χ1n) is 8.20. The van der Waals surface area contributed by atoms with Gasteiger partial charge in [0.25, 0.3) is 0 Å². The van der Waals surface area contributed by atoms with Crippen LogP contribution in [0.4, 0.5) is 0 Å². The minimum Gasteiger partial charge on any atom is -0.0622 e. The molecule has 120 valence electrons.